The van der Waals surface area contributed by atoms with Gasteiger partial charge in [0.15, 0.2) is 0 Å². The number of aromatic nitrogens is 4. The zero-order valence-electron chi connectivity index (χ0n) is 13.6. The lowest BCUT2D eigenvalue weighted by Gasteiger charge is -2.24. The summed E-state index contributed by atoms with van der Waals surface area (Å²) in [5, 5.41) is 16.4. The topological polar surface area (TPSA) is 75.9 Å². The van der Waals surface area contributed by atoms with Crippen LogP contribution >= 0.6 is 11.3 Å². The molecule has 0 saturated carbocycles. The van der Waals surface area contributed by atoms with E-state index in [2.05, 4.69) is 32.3 Å². The van der Waals surface area contributed by atoms with Gasteiger partial charge in [0.25, 0.3) is 0 Å². The van der Waals surface area contributed by atoms with E-state index in [0.29, 0.717) is 6.54 Å². The van der Waals surface area contributed by atoms with Crippen molar-refractivity contribution in [3.8, 4) is 5.69 Å². The van der Waals surface area contributed by atoms with Crippen molar-refractivity contribution in [3.63, 3.8) is 0 Å². The van der Waals surface area contributed by atoms with E-state index >= 15 is 0 Å². The number of thiophene rings is 1. The first kappa shape index (κ1) is 15.8. The van der Waals surface area contributed by atoms with E-state index in [9.17, 15) is 4.79 Å². The normalized spacial score (nSPS) is 17.0. The lowest BCUT2D eigenvalue weighted by Crippen LogP contribution is -2.34. The highest BCUT2D eigenvalue weighted by Crippen LogP contribution is 2.34. The predicted octanol–water partition coefficient (Wildman–Crippen LogP) is 2.50. The zero-order valence-corrected chi connectivity index (χ0v) is 14.4. The third-order valence-corrected chi connectivity index (χ3v) is 5.34. The molecule has 1 N–H and O–H groups in total. The maximum atomic E-state index is 12.6. The summed E-state index contributed by atoms with van der Waals surface area (Å²) in [6.07, 6.45) is 3.66. The maximum absolute atomic E-state index is 12.6. The minimum Gasteiger partial charge on any atom is -0.376 e. The van der Waals surface area contributed by atoms with Crippen molar-refractivity contribution in [3.05, 3.63) is 53.0 Å². The van der Waals surface area contributed by atoms with E-state index in [4.69, 9.17) is 0 Å². The second kappa shape index (κ2) is 7.02. The lowest BCUT2D eigenvalue weighted by molar-refractivity contribution is -0.130. The first-order valence-electron chi connectivity index (χ1n) is 8.21. The number of hydrogen-bond acceptors (Lipinski definition) is 6. The summed E-state index contributed by atoms with van der Waals surface area (Å²) in [6, 6.07) is 12.1. The quantitative estimate of drug-likeness (QED) is 0.762. The van der Waals surface area contributed by atoms with Crippen LogP contribution in [0.15, 0.2) is 48.1 Å². The minimum atomic E-state index is 0.139. The predicted molar refractivity (Wildman–Crippen MR) is 95.7 cm³/mol. The van der Waals surface area contributed by atoms with Crippen LogP contribution in [0.1, 0.15) is 23.8 Å². The summed E-state index contributed by atoms with van der Waals surface area (Å²) in [5.41, 5.74) is 1.77. The number of nitrogens with one attached hydrogen (secondary N) is 1. The molecule has 1 aliphatic rings. The Morgan fingerprint density at radius 3 is 2.88 bits per heavy atom. The van der Waals surface area contributed by atoms with E-state index in [1.165, 1.54) is 4.88 Å². The Hall–Kier alpha value is -2.74. The molecule has 1 amide bonds. The molecule has 1 saturated heterocycles. The SMILES string of the molecule is O=C(CNc1ccc(-n2cnnn2)cc1)N1CCC[C@@H]1c1cccs1. The second-order valence-corrected chi connectivity index (χ2v) is 6.89. The van der Waals surface area contributed by atoms with Crippen LogP contribution < -0.4 is 5.32 Å². The van der Waals surface area contributed by atoms with Gasteiger partial charge in [0.2, 0.25) is 5.91 Å². The highest BCUT2D eigenvalue weighted by molar-refractivity contribution is 7.10. The Labute approximate surface area is 149 Å². The van der Waals surface area contributed by atoms with Gasteiger partial charge in [0.05, 0.1) is 18.3 Å². The molecule has 0 unspecified atom stereocenters. The number of anilines is 1. The highest BCUT2D eigenvalue weighted by Gasteiger charge is 2.30. The fourth-order valence-corrected chi connectivity index (χ4v) is 4.01. The number of carbonyl (C=O) groups is 1. The van der Waals surface area contributed by atoms with Gasteiger partial charge in [-0.15, -0.1) is 16.4 Å². The molecule has 128 valence electrons. The van der Waals surface area contributed by atoms with Crippen LogP contribution in [0.2, 0.25) is 0 Å². The summed E-state index contributed by atoms with van der Waals surface area (Å²) < 4.78 is 1.59. The summed E-state index contributed by atoms with van der Waals surface area (Å²) in [5.74, 6) is 0.139. The molecular weight excluding hydrogens is 336 g/mol. The number of amides is 1. The van der Waals surface area contributed by atoms with Gasteiger partial charge in [-0.3, -0.25) is 4.79 Å². The Morgan fingerprint density at radius 1 is 1.28 bits per heavy atom. The number of likely N-dealkylation sites (tertiary alicyclic amines) is 1. The van der Waals surface area contributed by atoms with E-state index in [1.807, 2.05) is 35.2 Å². The van der Waals surface area contributed by atoms with Crippen molar-refractivity contribution in [2.75, 3.05) is 18.4 Å². The largest absolute Gasteiger partial charge is 0.376 e. The summed E-state index contributed by atoms with van der Waals surface area (Å²) in [4.78, 5) is 15.9. The third kappa shape index (κ3) is 3.39. The molecular formula is C17H18N6OS. The molecule has 3 aromatic rings. The van der Waals surface area contributed by atoms with Crippen LogP contribution in [0.5, 0.6) is 0 Å². The highest BCUT2D eigenvalue weighted by atomic mass is 32.1. The Morgan fingerprint density at radius 2 is 2.16 bits per heavy atom. The molecule has 0 radical (unpaired) electrons. The van der Waals surface area contributed by atoms with Gasteiger partial charge in [-0.1, -0.05) is 6.07 Å². The summed E-state index contributed by atoms with van der Waals surface area (Å²) >= 11 is 1.72. The molecule has 4 rings (SSSR count). The Kier molecular flexibility index (Phi) is 4.43. The number of carbonyl (C=O) groups excluding carboxylic acids is 1. The van der Waals surface area contributed by atoms with Crippen molar-refractivity contribution in [1.29, 1.82) is 0 Å². The molecule has 1 aromatic carbocycles. The molecule has 7 nitrogen and oxygen atoms in total. The van der Waals surface area contributed by atoms with E-state index in [0.717, 1.165) is 30.8 Å². The van der Waals surface area contributed by atoms with Crippen LogP contribution in [-0.2, 0) is 4.79 Å². The first-order valence-corrected chi connectivity index (χ1v) is 9.09. The molecule has 1 fully saturated rings. The van der Waals surface area contributed by atoms with Crippen LogP contribution in [0.3, 0.4) is 0 Å². The Bertz CT molecular complexity index is 815. The van der Waals surface area contributed by atoms with Crippen LogP contribution in [-0.4, -0.2) is 44.1 Å². The average molecular weight is 354 g/mol. The summed E-state index contributed by atoms with van der Waals surface area (Å²) in [6.45, 7) is 1.13. The van der Waals surface area contributed by atoms with Crippen LogP contribution in [0.25, 0.3) is 5.69 Å². The third-order valence-electron chi connectivity index (χ3n) is 4.37. The maximum Gasteiger partial charge on any atom is 0.242 e. The molecule has 0 aliphatic carbocycles. The number of hydrogen-bond donors (Lipinski definition) is 1. The van der Waals surface area contributed by atoms with Gasteiger partial charge in [-0.25, -0.2) is 4.68 Å². The monoisotopic (exact) mass is 354 g/mol. The number of nitrogens with zero attached hydrogens (tertiary/aromatic N) is 5. The van der Waals surface area contributed by atoms with Gasteiger partial charge >= 0.3 is 0 Å². The van der Waals surface area contributed by atoms with Gasteiger partial charge in [0, 0.05) is 17.1 Å². The fraction of sp³-hybridized carbons (Fsp3) is 0.294. The molecule has 0 bridgehead atoms. The fourth-order valence-electron chi connectivity index (χ4n) is 3.13. The molecule has 25 heavy (non-hydrogen) atoms. The molecule has 1 aliphatic heterocycles. The molecule has 8 heteroatoms. The van der Waals surface area contributed by atoms with Crippen molar-refractivity contribution >= 4 is 22.9 Å². The number of benzene rings is 1. The number of tetrazole rings is 1. The van der Waals surface area contributed by atoms with Crippen LogP contribution in [0, 0.1) is 0 Å². The van der Waals surface area contributed by atoms with E-state index in [-0.39, 0.29) is 11.9 Å². The molecule has 1 atom stereocenters. The standard InChI is InChI=1S/C17H18N6OS/c24-17(22-9-1-3-15(22)16-4-2-10-25-16)11-18-13-5-7-14(8-6-13)23-12-19-20-21-23/h2,4-8,10,12,15,18H,1,3,9,11H2/t15-/m1/s1. The first-order chi connectivity index (χ1) is 12.3. The second-order valence-electron chi connectivity index (χ2n) is 5.92. The average Bonchev–Trinajstić information content (AvgIpc) is 3.41. The van der Waals surface area contributed by atoms with E-state index in [1.54, 1.807) is 22.3 Å². The summed E-state index contributed by atoms with van der Waals surface area (Å²) in [7, 11) is 0. The lowest BCUT2D eigenvalue weighted by atomic mass is 10.2. The van der Waals surface area contributed by atoms with Crippen molar-refractivity contribution in [2.24, 2.45) is 0 Å². The van der Waals surface area contributed by atoms with E-state index < -0.39 is 0 Å². The van der Waals surface area contributed by atoms with Gasteiger partial charge in [-0.2, -0.15) is 0 Å². The zero-order chi connectivity index (χ0) is 17.1. The van der Waals surface area contributed by atoms with Crippen molar-refractivity contribution < 1.29 is 4.79 Å². The van der Waals surface area contributed by atoms with Gasteiger partial charge < -0.3 is 10.2 Å². The molecule has 3 heterocycles. The number of rotatable bonds is 5. The van der Waals surface area contributed by atoms with Crippen molar-refractivity contribution in [2.45, 2.75) is 18.9 Å². The molecule has 0 spiro atoms. The van der Waals surface area contributed by atoms with Gasteiger partial charge in [-0.05, 0) is 59.0 Å². The molecule has 2 aromatic heterocycles. The smallest absolute Gasteiger partial charge is 0.242 e. The minimum absolute atomic E-state index is 0.139. The van der Waals surface area contributed by atoms with Crippen molar-refractivity contribution in [1.82, 2.24) is 25.1 Å². The Balaban J connectivity index is 1.37. The van der Waals surface area contributed by atoms with Gasteiger partial charge in [0.1, 0.15) is 6.33 Å². The van der Waals surface area contributed by atoms with Crippen LogP contribution in [0.4, 0.5) is 5.69 Å².